The van der Waals surface area contributed by atoms with Gasteiger partial charge in [-0.2, -0.15) is 5.10 Å². The molecule has 1 N–H and O–H groups in total. The van der Waals surface area contributed by atoms with Crippen LogP contribution in [0.4, 0.5) is 5.69 Å². The van der Waals surface area contributed by atoms with E-state index in [2.05, 4.69) is 37.4 Å². The van der Waals surface area contributed by atoms with Crippen LogP contribution in [0.15, 0.2) is 12.4 Å². The van der Waals surface area contributed by atoms with Gasteiger partial charge < -0.3 is 5.32 Å². The molecule has 1 saturated carbocycles. The third kappa shape index (κ3) is 3.02. The summed E-state index contributed by atoms with van der Waals surface area (Å²) in [6.07, 6.45) is 10.8. The van der Waals surface area contributed by atoms with Crippen LogP contribution < -0.4 is 5.32 Å². The number of hydrogen-bond acceptors (Lipinski definition) is 2. The molecule has 0 aliphatic heterocycles. The molecule has 2 atom stereocenters. The van der Waals surface area contributed by atoms with Crippen molar-refractivity contribution in [3.63, 3.8) is 0 Å². The Kier molecular flexibility index (Phi) is 4.08. The van der Waals surface area contributed by atoms with Crippen molar-refractivity contribution in [2.45, 2.75) is 65.0 Å². The van der Waals surface area contributed by atoms with Gasteiger partial charge in [0.2, 0.25) is 0 Å². The molecule has 17 heavy (non-hydrogen) atoms. The van der Waals surface area contributed by atoms with Crippen molar-refractivity contribution in [3.05, 3.63) is 12.4 Å². The van der Waals surface area contributed by atoms with E-state index in [0.29, 0.717) is 12.1 Å². The van der Waals surface area contributed by atoms with Crippen molar-refractivity contribution in [1.29, 1.82) is 0 Å². The van der Waals surface area contributed by atoms with E-state index in [0.717, 1.165) is 5.92 Å². The summed E-state index contributed by atoms with van der Waals surface area (Å²) in [5.74, 6) is 0.839. The normalized spacial score (nSPS) is 25.2. The molecule has 1 aliphatic rings. The summed E-state index contributed by atoms with van der Waals surface area (Å²) >= 11 is 0. The van der Waals surface area contributed by atoms with Gasteiger partial charge in [-0.3, -0.25) is 4.68 Å². The van der Waals surface area contributed by atoms with E-state index in [1.807, 2.05) is 10.9 Å². The largest absolute Gasteiger partial charge is 0.379 e. The highest BCUT2D eigenvalue weighted by Crippen LogP contribution is 2.29. The molecule has 0 amide bonds. The quantitative estimate of drug-likeness (QED) is 0.859. The van der Waals surface area contributed by atoms with Crippen LogP contribution in [0.2, 0.25) is 0 Å². The molecule has 1 aromatic rings. The molecule has 2 unspecified atom stereocenters. The maximum absolute atomic E-state index is 4.39. The molecule has 1 aliphatic carbocycles. The van der Waals surface area contributed by atoms with Crippen molar-refractivity contribution >= 4 is 5.69 Å². The van der Waals surface area contributed by atoms with E-state index < -0.39 is 0 Å². The van der Waals surface area contributed by atoms with E-state index in [4.69, 9.17) is 0 Å². The van der Waals surface area contributed by atoms with Crippen LogP contribution in [0.1, 0.15) is 58.9 Å². The number of nitrogens with zero attached hydrogens (tertiary/aromatic N) is 2. The maximum atomic E-state index is 4.39. The Balaban J connectivity index is 1.98. The lowest BCUT2D eigenvalue weighted by atomic mass is 9.83. The van der Waals surface area contributed by atoms with Crippen LogP contribution in [0.3, 0.4) is 0 Å². The molecule has 0 saturated heterocycles. The van der Waals surface area contributed by atoms with Crippen molar-refractivity contribution in [3.8, 4) is 0 Å². The number of rotatable bonds is 4. The SMILES string of the molecule is CCC1CCCCC1Nc1cnn(C(C)C)c1. The van der Waals surface area contributed by atoms with Gasteiger partial charge in [-0.25, -0.2) is 0 Å². The fraction of sp³-hybridized carbons (Fsp3) is 0.786. The summed E-state index contributed by atoms with van der Waals surface area (Å²) in [7, 11) is 0. The average Bonchev–Trinajstić information content (AvgIpc) is 2.78. The van der Waals surface area contributed by atoms with Gasteiger partial charge in [0.25, 0.3) is 0 Å². The summed E-state index contributed by atoms with van der Waals surface area (Å²) in [4.78, 5) is 0. The lowest BCUT2D eigenvalue weighted by molar-refractivity contribution is 0.317. The smallest absolute Gasteiger partial charge is 0.0728 e. The van der Waals surface area contributed by atoms with Gasteiger partial charge in [0, 0.05) is 18.3 Å². The summed E-state index contributed by atoms with van der Waals surface area (Å²) in [6.45, 7) is 6.63. The molecule has 1 fully saturated rings. The summed E-state index contributed by atoms with van der Waals surface area (Å²) in [5, 5.41) is 8.06. The third-order valence-corrected chi connectivity index (χ3v) is 3.92. The Morgan fingerprint density at radius 3 is 2.82 bits per heavy atom. The average molecular weight is 235 g/mol. The van der Waals surface area contributed by atoms with Crippen LogP contribution in [-0.4, -0.2) is 15.8 Å². The van der Waals surface area contributed by atoms with Gasteiger partial charge in [-0.1, -0.05) is 26.2 Å². The minimum Gasteiger partial charge on any atom is -0.379 e. The van der Waals surface area contributed by atoms with E-state index in [9.17, 15) is 0 Å². The first-order valence-electron chi connectivity index (χ1n) is 7.01. The molecule has 3 heteroatoms. The minimum atomic E-state index is 0.443. The number of nitrogens with one attached hydrogen (secondary N) is 1. The minimum absolute atomic E-state index is 0.443. The predicted molar refractivity (Wildman–Crippen MR) is 72.3 cm³/mol. The lowest BCUT2D eigenvalue weighted by Crippen LogP contribution is -2.31. The Morgan fingerprint density at radius 2 is 2.18 bits per heavy atom. The molecule has 0 aromatic carbocycles. The molecular formula is C14H25N3. The second-order valence-electron chi connectivity index (χ2n) is 5.51. The van der Waals surface area contributed by atoms with Crippen molar-refractivity contribution in [1.82, 2.24) is 9.78 Å². The van der Waals surface area contributed by atoms with Crippen LogP contribution >= 0.6 is 0 Å². The number of hydrogen-bond donors (Lipinski definition) is 1. The van der Waals surface area contributed by atoms with Gasteiger partial charge in [0.15, 0.2) is 0 Å². The van der Waals surface area contributed by atoms with Gasteiger partial charge in [-0.15, -0.1) is 0 Å². The molecule has 2 rings (SSSR count). The fourth-order valence-electron chi connectivity index (χ4n) is 2.80. The Bertz CT molecular complexity index is 343. The first-order valence-corrected chi connectivity index (χ1v) is 7.01. The number of anilines is 1. The van der Waals surface area contributed by atoms with Crippen LogP contribution in [0, 0.1) is 5.92 Å². The molecule has 3 nitrogen and oxygen atoms in total. The Morgan fingerprint density at radius 1 is 1.41 bits per heavy atom. The second-order valence-corrected chi connectivity index (χ2v) is 5.51. The van der Waals surface area contributed by atoms with E-state index >= 15 is 0 Å². The topological polar surface area (TPSA) is 29.9 Å². The highest BCUT2D eigenvalue weighted by Gasteiger charge is 2.23. The zero-order valence-electron chi connectivity index (χ0n) is 11.3. The predicted octanol–water partition coefficient (Wildman–Crippen LogP) is 3.84. The van der Waals surface area contributed by atoms with Crippen LogP contribution in [-0.2, 0) is 0 Å². The standard InChI is InChI=1S/C14H25N3/c1-4-12-7-5-6-8-14(12)16-13-9-15-17(10-13)11(2)3/h9-12,14,16H,4-8H2,1-3H3. The van der Waals surface area contributed by atoms with E-state index in [1.165, 1.54) is 37.8 Å². The Labute approximate surface area is 105 Å². The van der Waals surface area contributed by atoms with Gasteiger partial charge in [-0.05, 0) is 32.6 Å². The zero-order chi connectivity index (χ0) is 12.3. The second kappa shape index (κ2) is 5.56. The fourth-order valence-corrected chi connectivity index (χ4v) is 2.80. The molecule has 0 radical (unpaired) electrons. The number of aromatic nitrogens is 2. The first kappa shape index (κ1) is 12.5. The zero-order valence-corrected chi connectivity index (χ0v) is 11.3. The van der Waals surface area contributed by atoms with Crippen molar-refractivity contribution in [2.75, 3.05) is 5.32 Å². The summed E-state index contributed by atoms with van der Waals surface area (Å²) in [6, 6.07) is 1.09. The van der Waals surface area contributed by atoms with Crippen LogP contribution in [0.5, 0.6) is 0 Å². The van der Waals surface area contributed by atoms with Gasteiger partial charge in [0.05, 0.1) is 11.9 Å². The van der Waals surface area contributed by atoms with Crippen LogP contribution in [0.25, 0.3) is 0 Å². The maximum Gasteiger partial charge on any atom is 0.0728 e. The van der Waals surface area contributed by atoms with E-state index in [1.54, 1.807) is 0 Å². The monoisotopic (exact) mass is 235 g/mol. The molecule has 96 valence electrons. The molecule has 0 spiro atoms. The molecular weight excluding hydrogens is 210 g/mol. The van der Waals surface area contributed by atoms with Crippen molar-refractivity contribution < 1.29 is 0 Å². The highest BCUT2D eigenvalue weighted by molar-refractivity contribution is 5.39. The Hall–Kier alpha value is -0.990. The third-order valence-electron chi connectivity index (χ3n) is 3.92. The van der Waals surface area contributed by atoms with Gasteiger partial charge >= 0.3 is 0 Å². The summed E-state index contributed by atoms with van der Waals surface area (Å²) < 4.78 is 2.02. The molecule has 1 heterocycles. The first-order chi connectivity index (χ1) is 8.20. The highest BCUT2D eigenvalue weighted by atomic mass is 15.3. The van der Waals surface area contributed by atoms with E-state index in [-0.39, 0.29) is 0 Å². The van der Waals surface area contributed by atoms with Gasteiger partial charge in [0.1, 0.15) is 0 Å². The molecule has 1 aromatic heterocycles. The lowest BCUT2D eigenvalue weighted by Gasteiger charge is -2.31. The molecule has 0 bridgehead atoms. The summed E-state index contributed by atoms with van der Waals surface area (Å²) in [5.41, 5.74) is 1.18. The van der Waals surface area contributed by atoms with Crippen molar-refractivity contribution in [2.24, 2.45) is 5.92 Å².